The van der Waals surface area contributed by atoms with Gasteiger partial charge < -0.3 is 4.98 Å². The zero-order valence-electron chi connectivity index (χ0n) is 7.97. The van der Waals surface area contributed by atoms with E-state index in [2.05, 4.69) is 15.0 Å². The standard InChI is InChI=1S/C9H8N4O2/c1-13-8(14)4-7(12-9(13)15)6-2-3-10-5-11-6/h2-5H,1H3,(H,12,15). The first-order chi connectivity index (χ1) is 7.18. The SMILES string of the molecule is Cn1c(=O)cc(-c2ccncn2)[nH]c1=O. The molecule has 0 radical (unpaired) electrons. The highest BCUT2D eigenvalue weighted by Gasteiger charge is 2.03. The number of nitrogens with zero attached hydrogens (tertiary/aromatic N) is 3. The van der Waals surface area contributed by atoms with Gasteiger partial charge in [-0.15, -0.1) is 0 Å². The molecule has 0 aliphatic carbocycles. The molecule has 2 aromatic heterocycles. The smallest absolute Gasteiger partial charge is 0.305 e. The summed E-state index contributed by atoms with van der Waals surface area (Å²) in [4.78, 5) is 32.9. The molecule has 1 N–H and O–H groups in total. The third-order valence-corrected chi connectivity index (χ3v) is 2.00. The highest BCUT2D eigenvalue weighted by molar-refractivity contribution is 5.51. The monoisotopic (exact) mass is 204 g/mol. The van der Waals surface area contributed by atoms with Crippen molar-refractivity contribution in [3.8, 4) is 11.4 Å². The lowest BCUT2D eigenvalue weighted by Crippen LogP contribution is -2.32. The van der Waals surface area contributed by atoms with Crippen LogP contribution >= 0.6 is 0 Å². The first kappa shape index (κ1) is 9.32. The molecule has 0 saturated carbocycles. The average Bonchev–Trinajstić information content (AvgIpc) is 2.26. The molecule has 0 aromatic carbocycles. The number of hydrogen-bond donors (Lipinski definition) is 1. The van der Waals surface area contributed by atoms with Crippen LogP contribution in [-0.4, -0.2) is 19.5 Å². The van der Waals surface area contributed by atoms with Crippen molar-refractivity contribution in [2.24, 2.45) is 7.05 Å². The number of aromatic nitrogens is 4. The van der Waals surface area contributed by atoms with Crippen LogP contribution < -0.4 is 11.2 Å². The van der Waals surface area contributed by atoms with Gasteiger partial charge in [0.25, 0.3) is 5.56 Å². The van der Waals surface area contributed by atoms with Gasteiger partial charge >= 0.3 is 5.69 Å². The van der Waals surface area contributed by atoms with Gasteiger partial charge in [0.05, 0.1) is 11.4 Å². The zero-order valence-corrected chi connectivity index (χ0v) is 7.97. The Bertz CT molecular complexity index is 554. The summed E-state index contributed by atoms with van der Waals surface area (Å²) in [6, 6.07) is 2.94. The summed E-state index contributed by atoms with van der Waals surface area (Å²) >= 11 is 0. The van der Waals surface area contributed by atoms with Crippen molar-refractivity contribution in [2.45, 2.75) is 0 Å². The highest BCUT2D eigenvalue weighted by Crippen LogP contribution is 2.07. The molecule has 2 heterocycles. The quantitative estimate of drug-likeness (QED) is 0.681. The van der Waals surface area contributed by atoms with Crippen LogP contribution in [0.2, 0.25) is 0 Å². The number of nitrogens with one attached hydrogen (secondary N) is 1. The largest absolute Gasteiger partial charge is 0.328 e. The molecular formula is C9H8N4O2. The van der Waals surface area contributed by atoms with Gasteiger partial charge in [-0.2, -0.15) is 0 Å². The Morgan fingerprint density at radius 2 is 2.20 bits per heavy atom. The molecule has 6 heteroatoms. The van der Waals surface area contributed by atoms with Gasteiger partial charge in [-0.05, 0) is 6.07 Å². The molecule has 0 bridgehead atoms. The van der Waals surface area contributed by atoms with Crippen LogP contribution in [0.15, 0.2) is 34.2 Å². The first-order valence-electron chi connectivity index (χ1n) is 4.25. The van der Waals surface area contributed by atoms with Crippen molar-refractivity contribution >= 4 is 0 Å². The van der Waals surface area contributed by atoms with Crippen molar-refractivity contribution in [1.82, 2.24) is 19.5 Å². The fourth-order valence-electron chi connectivity index (χ4n) is 1.14. The van der Waals surface area contributed by atoms with E-state index in [1.807, 2.05) is 0 Å². The van der Waals surface area contributed by atoms with Gasteiger partial charge in [-0.3, -0.25) is 9.36 Å². The van der Waals surface area contributed by atoms with E-state index in [0.29, 0.717) is 11.4 Å². The van der Waals surface area contributed by atoms with Gasteiger partial charge in [0.15, 0.2) is 0 Å². The molecule has 0 saturated heterocycles. The maximum Gasteiger partial charge on any atom is 0.328 e. The molecule has 0 fully saturated rings. The van der Waals surface area contributed by atoms with E-state index in [1.54, 1.807) is 6.07 Å². The molecule has 0 aliphatic heterocycles. The van der Waals surface area contributed by atoms with Crippen molar-refractivity contribution in [2.75, 3.05) is 0 Å². The topological polar surface area (TPSA) is 80.6 Å². The van der Waals surface area contributed by atoms with E-state index in [1.165, 1.54) is 25.6 Å². The molecule has 15 heavy (non-hydrogen) atoms. The van der Waals surface area contributed by atoms with Crippen LogP contribution in [0.25, 0.3) is 11.4 Å². The van der Waals surface area contributed by atoms with E-state index in [-0.39, 0.29) is 5.56 Å². The van der Waals surface area contributed by atoms with E-state index >= 15 is 0 Å². The fraction of sp³-hybridized carbons (Fsp3) is 0.111. The average molecular weight is 204 g/mol. The molecule has 0 amide bonds. The third kappa shape index (κ3) is 1.69. The Balaban J connectivity index is 2.67. The van der Waals surface area contributed by atoms with Crippen LogP contribution in [0.4, 0.5) is 0 Å². The minimum absolute atomic E-state index is 0.368. The molecule has 76 valence electrons. The van der Waals surface area contributed by atoms with Crippen molar-refractivity contribution < 1.29 is 0 Å². The molecule has 0 spiro atoms. The summed E-state index contributed by atoms with van der Waals surface area (Å²) in [5, 5.41) is 0. The predicted octanol–water partition coefficient (Wildman–Crippen LogP) is -0.469. The maximum absolute atomic E-state index is 11.3. The van der Waals surface area contributed by atoms with E-state index < -0.39 is 5.69 Å². The number of H-pyrrole nitrogens is 1. The molecule has 0 aliphatic rings. The summed E-state index contributed by atoms with van der Waals surface area (Å²) in [7, 11) is 1.41. The van der Waals surface area contributed by atoms with Crippen LogP contribution in [-0.2, 0) is 7.05 Å². The van der Waals surface area contributed by atoms with E-state index in [0.717, 1.165) is 4.57 Å². The Labute approximate surface area is 84.3 Å². The maximum atomic E-state index is 11.3. The molecular weight excluding hydrogens is 196 g/mol. The Morgan fingerprint density at radius 1 is 1.40 bits per heavy atom. The van der Waals surface area contributed by atoms with E-state index in [4.69, 9.17) is 0 Å². The van der Waals surface area contributed by atoms with Gasteiger partial charge in [-0.25, -0.2) is 14.8 Å². The lowest BCUT2D eigenvalue weighted by Gasteiger charge is -2.00. The third-order valence-electron chi connectivity index (χ3n) is 2.00. The predicted molar refractivity (Wildman–Crippen MR) is 53.3 cm³/mol. The van der Waals surface area contributed by atoms with Crippen LogP contribution in [0.1, 0.15) is 0 Å². The van der Waals surface area contributed by atoms with Gasteiger partial charge in [0.1, 0.15) is 6.33 Å². The summed E-state index contributed by atoms with van der Waals surface area (Å²) in [5.74, 6) is 0. The molecule has 0 unspecified atom stereocenters. The lowest BCUT2D eigenvalue weighted by molar-refractivity contribution is 0.777. The summed E-state index contributed by atoms with van der Waals surface area (Å²) < 4.78 is 0.991. The Morgan fingerprint density at radius 3 is 2.80 bits per heavy atom. The minimum Gasteiger partial charge on any atom is -0.305 e. The second-order valence-electron chi connectivity index (χ2n) is 2.98. The second kappa shape index (κ2) is 3.49. The normalized spacial score (nSPS) is 10.2. The number of aromatic amines is 1. The molecule has 2 aromatic rings. The zero-order chi connectivity index (χ0) is 10.8. The Hall–Kier alpha value is -2.24. The van der Waals surface area contributed by atoms with Gasteiger partial charge in [0.2, 0.25) is 0 Å². The molecule has 0 atom stereocenters. The van der Waals surface area contributed by atoms with Crippen molar-refractivity contribution in [3.63, 3.8) is 0 Å². The lowest BCUT2D eigenvalue weighted by atomic mass is 10.3. The summed E-state index contributed by atoms with van der Waals surface area (Å²) in [6.45, 7) is 0. The van der Waals surface area contributed by atoms with Gasteiger partial charge in [0, 0.05) is 19.3 Å². The minimum atomic E-state index is -0.462. The molecule has 2 rings (SSSR count). The molecule has 6 nitrogen and oxygen atoms in total. The number of hydrogen-bond acceptors (Lipinski definition) is 4. The number of rotatable bonds is 1. The first-order valence-corrected chi connectivity index (χ1v) is 4.25. The summed E-state index contributed by atoms with van der Waals surface area (Å²) in [5.41, 5.74) is 0.0776. The van der Waals surface area contributed by atoms with Crippen molar-refractivity contribution in [3.05, 3.63) is 45.5 Å². The van der Waals surface area contributed by atoms with E-state index in [9.17, 15) is 9.59 Å². The Kier molecular flexibility index (Phi) is 2.17. The van der Waals surface area contributed by atoms with Crippen LogP contribution in [0, 0.1) is 0 Å². The summed E-state index contributed by atoms with van der Waals surface area (Å²) in [6.07, 6.45) is 2.89. The van der Waals surface area contributed by atoms with Crippen LogP contribution in [0.3, 0.4) is 0 Å². The second-order valence-corrected chi connectivity index (χ2v) is 2.98. The highest BCUT2D eigenvalue weighted by atomic mass is 16.2. The van der Waals surface area contributed by atoms with Crippen LogP contribution in [0.5, 0.6) is 0 Å². The fourth-order valence-corrected chi connectivity index (χ4v) is 1.14. The van der Waals surface area contributed by atoms with Gasteiger partial charge in [-0.1, -0.05) is 0 Å². The van der Waals surface area contributed by atoms with Crippen molar-refractivity contribution in [1.29, 1.82) is 0 Å².